The Bertz CT molecular complexity index is 983. The maximum absolute atomic E-state index is 13.7. The zero-order chi connectivity index (χ0) is 24.5. The molecule has 1 saturated carbocycles. The summed E-state index contributed by atoms with van der Waals surface area (Å²) in [4.78, 5) is 15.8. The van der Waals surface area contributed by atoms with Crippen molar-refractivity contribution in [3.63, 3.8) is 0 Å². The largest absolute Gasteiger partial charge is 0.416 e. The summed E-state index contributed by atoms with van der Waals surface area (Å²) in [6.07, 6.45) is 3.56. The van der Waals surface area contributed by atoms with Gasteiger partial charge in [0.25, 0.3) is 0 Å². The van der Waals surface area contributed by atoms with Crippen molar-refractivity contribution in [1.29, 1.82) is 0 Å². The SMILES string of the molecule is CC(C)[C@]1(C(=O)NCc2cc(F)cc(C(F)(F)F)c2)CC[C@@H](N2CCC(n3cccn3)CC2)C1. The van der Waals surface area contributed by atoms with E-state index in [-0.39, 0.29) is 23.9 Å². The van der Waals surface area contributed by atoms with Crippen LogP contribution in [-0.4, -0.2) is 39.7 Å². The van der Waals surface area contributed by atoms with Gasteiger partial charge in [-0.1, -0.05) is 13.8 Å². The number of rotatable bonds is 6. The lowest BCUT2D eigenvalue weighted by atomic mass is 9.74. The molecule has 2 heterocycles. The first-order chi connectivity index (χ1) is 16.1. The third-order valence-electron chi connectivity index (χ3n) is 7.73. The number of carbonyl (C=O) groups excluding carboxylic acids is 1. The van der Waals surface area contributed by atoms with Crippen molar-refractivity contribution in [2.45, 2.75) is 70.8 Å². The van der Waals surface area contributed by atoms with Crippen LogP contribution in [0.3, 0.4) is 0 Å². The van der Waals surface area contributed by atoms with Crippen molar-refractivity contribution in [2.24, 2.45) is 11.3 Å². The number of nitrogens with one attached hydrogen (secondary N) is 1. The predicted molar refractivity (Wildman–Crippen MR) is 120 cm³/mol. The summed E-state index contributed by atoms with van der Waals surface area (Å²) in [5.41, 5.74) is -1.52. The average molecular weight is 481 g/mol. The van der Waals surface area contributed by atoms with E-state index in [9.17, 15) is 22.4 Å². The fraction of sp³-hybridized carbons (Fsp3) is 0.600. The summed E-state index contributed by atoms with van der Waals surface area (Å²) in [5.74, 6) is -1.04. The van der Waals surface area contributed by atoms with Crippen LogP contribution in [0.15, 0.2) is 36.7 Å². The van der Waals surface area contributed by atoms with E-state index in [1.54, 1.807) is 6.20 Å². The molecule has 1 aromatic carbocycles. The first kappa shape index (κ1) is 24.7. The van der Waals surface area contributed by atoms with Gasteiger partial charge < -0.3 is 10.2 Å². The molecule has 1 aliphatic heterocycles. The lowest BCUT2D eigenvalue weighted by molar-refractivity contribution is -0.137. The van der Waals surface area contributed by atoms with Crippen LogP contribution in [0.1, 0.15) is 63.1 Å². The summed E-state index contributed by atoms with van der Waals surface area (Å²) in [6, 6.07) is 5.05. The Hall–Kier alpha value is -2.42. The van der Waals surface area contributed by atoms with Gasteiger partial charge in [-0.15, -0.1) is 0 Å². The second kappa shape index (κ2) is 9.68. The van der Waals surface area contributed by atoms with Crippen molar-refractivity contribution in [1.82, 2.24) is 20.0 Å². The number of carbonyl (C=O) groups is 1. The molecule has 9 heteroatoms. The summed E-state index contributed by atoms with van der Waals surface area (Å²) in [6.45, 7) is 5.82. The minimum atomic E-state index is -4.64. The molecular weight excluding hydrogens is 448 g/mol. The molecule has 1 amide bonds. The highest BCUT2D eigenvalue weighted by atomic mass is 19.4. The van der Waals surface area contributed by atoms with Gasteiger partial charge in [0.2, 0.25) is 5.91 Å². The van der Waals surface area contributed by atoms with Crippen molar-refractivity contribution in [3.05, 3.63) is 53.6 Å². The molecule has 0 unspecified atom stereocenters. The number of benzene rings is 1. The van der Waals surface area contributed by atoms with Gasteiger partial charge in [-0.25, -0.2) is 4.39 Å². The van der Waals surface area contributed by atoms with Gasteiger partial charge in [-0.2, -0.15) is 18.3 Å². The van der Waals surface area contributed by atoms with Gasteiger partial charge in [-0.05, 0) is 67.9 Å². The van der Waals surface area contributed by atoms with E-state index in [0.29, 0.717) is 18.2 Å². The maximum Gasteiger partial charge on any atom is 0.416 e. The van der Waals surface area contributed by atoms with Crippen LogP contribution in [0.2, 0.25) is 0 Å². The molecule has 1 aliphatic carbocycles. The third kappa shape index (κ3) is 5.14. The lowest BCUT2D eigenvalue weighted by Crippen LogP contribution is -2.45. The van der Waals surface area contributed by atoms with E-state index in [2.05, 4.69) is 15.3 Å². The quantitative estimate of drug-likeness (QED) is 0.579. The molecule has 4 rings (SSSR count). The Morgan fingerprint density at radius 1 is 1.18 bits per heavy atom. The average Bonchev–Trinajstić information content (AvgIpc) is 3.48. The number of hydrogen-bond donors (Lipinski definition) is 1. The molecule has 1 aromatic heterocycles. The highest BCUT2D eigenvalue weighted by molar-refractivity contribution is 5.83. The van der Waals surface area contributed by atoms with Crippen LogP contribution in [0.25, 0.3) is 0 Å². The van der Waals surface area contributed by atoms with E-state index in [0.717, 1.165) is 57.3 Å². The van der Waals surface area contributed by atoms with E-state index in [4.69, 9.17) is 0 Å². The molecule has 34 heavy (non-hydrogen) atoms. The highest BCUT2D eigenvalue weighted by Gasteiger charge is 2.49. The molecule has 2 fully saturated rings. The second-order valence-electron chi connectivity index (χ2n) is 9.99. The molecule has 0 radical (unpaired) electrons. The molecule has 2 aromatic rings. The van der Waals surface area contributed by atoms with E-state index < -0.39 is 23.0 Å². The zero-order valence-corrected chi connectivity index (χ0v) is 19.6. The first-order valence-electron chi connectivity index (χ1n) is 12.0. The van der Waals surface area contributed by atoms with Crippen LogP contribution < -0.4 is 5.32 Å². The Balaban J connectivity index is 1.38. The fourth-order valence-electron chi connectivity index (χ4n) is 5.64. The maximum atomic E-state index is 13.7. The standard InChI is InChI=1S/C25H32F4N4O/c1-17(2)24(23(34)30-16-18-12-19(25(27,28)29)14-20(26)13-18)7-4-22(15-24)32-10-5-21(6-11-32)33-9-3-8-31-33/h3,8-9,12-14,17,21-22H,4-7,10-11,15-16H2,1-2H3,(H,30,34)/t22-,24+/m1/s1. The minimum absolute atomic E-state index is 0.0809. The van der Waals surface area contributed by atoms with E-state index >= 15 is 0 Å². The molecule has 0 bridgehead atoms. The molecule has 186 valence electrons. The van der Waals surface area contributed by atoms with Gasteiger partial charge >= 0.3 is 6.18 Å². The zero-order valence-electron chi connectivity index (χ0n) is 19.6. The summed E-state index contributed by atoms with van der Waals surface area (Å²) in [5, 5.41) is 7.18. The van der Waals surface area contributed by atoms with Crippen LogP contribution in [0.4, 0.5) is 17.6 Å². The van der Waals surface area contributed by atoms with Crippen molar-refractivity contribution in [2.75, 3.05) is 13.1 Å². The number of nitrogens with zero attached hydrogens (tertiary/aromatic N) is 3. The molecule has 5 nitrogen and oxygen atoms in total. The number of amides is 1. The first-order valence-corrected chi connectivity index (χ1v) is 12.0. The van der Waals surface area contributed by atoms with Crippen molar-refractivity contribution >= 4 is 5.91 Å². The van der Waals surface area contributed by atoms with Crippen molar-refractivity contribution < 1.29 is 22.4 Å². The third-order valence-corrected chi connectivity index (χ3v) is 7.73. The van der Waals surface area contributed by atoms with E-state index in [1.807, 2.05) is 30.8 Å². The predicted octanol–water partition coefficient (Wildman–Crippen LogP) is 5.19. The molecule has 2 atom stereocenters. The number of halogens is 4. The number of likely N-dealkylation sites (tertiary alicyclic amines) is 1. The molecule has 1 saturated heterocycles. The van der Waals surface area contributed by atoms with Gasteiger partial charge in [0.15, 0.2) is 0 Å². The second-order valence-corrected chi connectivity index (χ2v) is 9.99. The molecule has 0 spiro atoms. The molecule has 2 aliphatic rings. The number of alkyl halides is 3. The fourth-order valence-corrected chi connectivity index (χ4v) is 5.64. The Morgan fingerprint density at radius 3 is 2.53 bits per heavy atom. The Morgan fingerprint density at radius 2 is 1.91 bits per heavy atom. The summed E-state index contributed by atoms with van der Waals surface area (Å²) >= 11 is 0. The van der Waals surface area contributed by atoms with Gasteiger partial charge in [0, 0.05) is 38.1 Å². The minimum Gasteiger partial charge on any atom is -0.352 e. The summed E-state index contributed by atoms with van der Waals surface area (Å²) in [7, 11) is 0. The van der Waals surface area contributed by atoms with Gasteiger partial charge in [-0.3, -0.25) is 9.48 Å². The Labute approximate surface area is 197 Å². The van der Waals surface area contributed by atoms with Crippen LogP contribution in [-0.2, 0) is 17.5 Å². The molecule has 1 N–H and O–H groups in total. The number of aromatic nitrogens is 2. The van der Waals surface area contributed by atoms with E-state index in [1.165, 1.54) is 0 Å². The van der Waals surface area contributed by atoms with Crippen LogP contribution in [0, 0.1) is 17.2 Å². The van der Waals surface area contributed by atoms with Crippen molar-refractivity contribution in [3.8, 4) is 0 Å². The van der Waals surface area contributed by atoms with Crippen LogP contribution in [0.5, 0.6) is 0 Å². The topological polar surface area (TPSA) is 50.2 Å². The smallest absolute Gasteiger partial charge is 0.352 e. The monoisotopic (exact) mass is 480 g/mol. The Kier molecular flexibility index (Phi) is 7.03. The van der Waals surface area contributed by atoms with Crippen LogP contribution >= 0.6 is 0 Å². The molecular formula is C25H32F4N4O. The van der Waals surface area contributed by atoms with Gasteiger partial charge in [0.05, 0.1) is 17.0 Å². The van der Waals surface area contributed by atoms with Gasteiger partial charge in [0.1, 0.15) is 5.82 Å². The number of hydrogen-bond acceptors (Lipinski definition) is 3. The number of piperidine rings is 1. The summed E-state index contributed by atoms with van der Waals surface area (Å²) < 4.78 is 54.8. The lowest BCUT2D eigenvalue weighted by Gasteiger charge is -2.38. The normalized spacial score (nSPS) is 24.6. The highest BCUT2D eigenvalue weighted by Crippen LogP contribution is 2.47.